The molecule has 0 aromatic rings. The van der Waals surface area contributed by atoms with E-state index in [1.165, 1.54) is 5.57 Å². The molecular formula is C16H26N2O. The smallest absolute Gasteiger partial charge is 0.162 e. The first kappa shape index (κ1) is 15.8. The van der Waals surface area contributed by atoms with Gasteiger partial charge in [-0.1, -0.05) is 11.6 Å². The van der Waals surface area contributed by atoms with Crippen LogP contribution in [0.15, 0.2) is 28.3 Å². The molecule has 3 nitrogen and oxygen atoms in total. The summed E-state index contributed by atoms with van der Waals surface area (Å²) in [7, 11) is 0. The minimum absolute atomic E-state index is 0.165. The highest BCUT2D eigenvalue weighted by Crippen LogP contribution is 2.19. The first-order valence-electron chi connectivity index (χ1n) is 7.11. The van der Waals surface area contributed by atoms with Gasteiger partial charge in [-0.15, -0.1) is 0 Å². The third kappa shape index (κ3) is 6.48. The maximum Gasteiger partial charge on any atom is 0.162 e. The highest BCUT2D eigenvalue weighted by Gasteiger charge is 2.16. The Labute approximate surface area is 116 Å². The molecule has 0 bridgehead atoms. The lowest BCUT2D eigenvalue weighted by Crippen LogP contribution is -2.28. The topological polar surface area (TPSA) is 55.5 Å². The van der Waals surface area contributed by atoms with Crippen molar-refractivity contribution in [3.8, 4) is 0 Å². The van der Waals surface area contributed by atoms with Crippen LogP contribution in [-0.2, 0) is 4.79 Å². The Bertz CT molecular complexity index is 382. The van der Waals surface area contributed by atoms with Crippen molar-refractivity contribution in [3.63, 3.8) is 0 Å². The predicted octanol–water partition coefficient (Wildman–Crippen LogP) is 3.20. The highest BCUT2D eigenvalue weighted by atomic mass is 16.1. The second-order valence-electron chi connectivity index (χ2n) is 5.63. The summed E-state index contributed by atoms with van der Waals surface area (Å²) in [6, 6.07) is 0.742. The molecule has 0 amide bonds. The van der Waals surface area contributed by atoms with E-state index in [1.807, 2.05) is 32.9 Å². The van der Waals surface area contributed by atoms with Crippen LogP contribution in [0, 0.1) is 0 Å². The first-order chi connectivity index (χ1) is 8.99. The molecule has 1 saturated carbocycles. The molecule has 1 aliphatic rings. The van der Waals surface area contributed by atoms with E-state index in [4.69, 9.17) is 5.73 Å². The van der Waals surface area contributed by atoms with E-state index < -0.39 is 0 Å². The Morgan fingerprint density at radius 2 is 1.84 bits per heavy atom. The number of carbonyl (C=O) groups excluding carboxylic acids is 1. The number of hydrogen-bond donors (Lipinski definition) is 1. The largest absolute Gasteiger partial charge is 0.328 e. The lowest BCUT2D eigenvalue weighted by Gasteiger charge is -2.22. The van der Waals surface area contributed by atoms with Gasteiger partial charge in [-0.25, -0.2) is 0 Å². The number of aliphatic imine (C=N–C) groups is 1. The molecule has 0 atom stereocenters. The van der Waals surface area contributed by atoms with Crippen molar-refractivity contribution in [2.45, 2.75) is 65.0 Å². The quantitative estimate of drug-likeness (QED) is 0.470. The van der Waals surface area contributed by atoms with Gasteiger partial charge in [0.25, 0.3) is 0 Å². The molecule has 19 heavy (non-hydrogen) atoms. The van der Waals surface area contributed by atoms with Crippen molar-refractivity contribution in [2.24, 2.45) is 10.7 Å². The molecule has 0 aromatic carbocycles. The zero-order chi connectivity index (χ0) is 14.3. The SMILES string of the molecule is CC(C)=CCC(=O)C(C)=CC=NC1CCC(N)CC1. The van der Waals surface area contributed by atoms with Crippen molar-refractivity contribution in [1.82, 2.24) is 0 Å². The summed E-state index contributed by atoms with van der Waals surface area (Å²) < 4.78 is 0. The molecule has 0 spiro atoms. The lowest BCUT2D eigenvalue weighted by molar-refractivity contribution is -0.114. The number of rotatable bonds is 5. The van der Waals surface area contributed by atoms with Crippen LogP contribution in [0.1, 0.15) is 52.9 Å². The summed E-state index contributed by atoms with van der Waals surface area (Å²) in [6.07, 6.45) is 10.3. The van der Waals surface area contributed by atoms with Crippen molar-refractivity contribution in [3.05, 3.63) is 23.3 Å². The second kappa shape index (κ2) is 8.05. The van der Waals surface area contributed by atoms with Gasteiger partial charge in [0.15, 0.2) is 5.78 Å². The Kier molecular flexibility index (Phi) is 6.71. The van der Waals surface area contributed by atoms with Gasteiger partial charge in [-0.3, -0.25) is 9.79 Å². The van der Waals surface area contributed by atoms with Crippen molar-refractivity contribution >= 4 is 12.0 Å². The number of hydrogen-bond acceptors (Lipinski definition) is 3. The Morgan fingerprint density at radius 1 is 1.21 bits per heavy atom. The minimum Gasteiger partial charge on any atom is -0.328 e. The summed E-state index contributed by atoms with van der Waals surface area (Å²) in [6.45, 7) is 5.85. The molecule has 1 rings (SSSR count). The maximum atomic E-state index is 11.8. The molecule has 0 heterocycles. The monoisotopic (exact) mass is 262 g/mol. The van der Waals surface area contributed by atoms with Crippen molar-refractivity contribution in [2.75, 3.05) is 0 Å². The van der Waals surface area contributed by atoms with Crippen LogP contribution >= 0.6 is 0 Å². The summed E-state index contributed by atoms with van der Waals surface area (Å²) >= 11 is 0. The fourth-order valence-corrected chi connectivity index (χ4v) is 2.08. The number of allylic oxidation sites excluding steroid dienone is 4. The Balaban J connectivity index is 2.42. The molecule has 1 fully saturated rings. The normalized spacial score (nSPS) is 24.5. The average Bonchev–Trinajstić information content (AvgIpc) is 2.38. The van der Waals surface area contributed by atoms with Crippen molar-refractivity contribution in [1.29, 1.82) is 0 Å². The maximum absolute atomic E-state index is 11.8. The molecule has 2 N–H and O–H groups in total. The molecule has 106 valence electrons. The molecule has 0 saturated heterocycles. The minimum atomic E-state index is 0.165. The van der Waals surface area contributed by atoms with Crippen LogP contribution in [0.4, 0.5) is 0 Å². The number of carbonyl (C=O) groups is 1. The van der Waals surface area contributed by atoms with Gasteiger partial charge in [-0.05, 0) is 58.1 Å². The standard InChI is InChI=1S/C16H26N2O/c1-12(2)4-9-16(19)13(3)10-11-18-15-7-5-14(17)6-8-15/h4,10-11,14-15H,5-9,17H2,1-3H3. The van der Waals surface area contributed by atoms with Crippen LogP contribution in [0.3, 0.4) is 0 Å². The number of nitrogens with zero attached hydrogens (tertiary/aromatic N) is 1. The van der Waals surface area contributed by atoms with E-state index in [0.29, 0.717) is 18.5 Å². The van der Waals surface area contributed by atoms with Gasteiger partial charge in [-0.2, -0.15) is 0 Å². The second-order valence-corrected chi connectivity index (χ2v) is 5.63. The number of nitrogens with two attached hydrogens (primary N) is 1. The Hall–Kier alpha value is -1.22. The molecule has 0 unspecified atom stereocenters. The van der Waals surface area contributed by atoms with Crippen LogP contribution in [0.25, 0.3) is 0 Å². The fourth-order valence-electron chi connectivity index (χ4n) is 2.08. The molecular weight excluding hydrogens is 236 g/mol. The first-order valence-corrected chi connectivity index (χ1v) is 7.11. The van der Waals surface area contributed by atoms with Crippen LogP contribution in [0.5, 0.6) is 0 Å². The predicted molar refractivity (Wildman–Crippen MR) is 81.5 cm³/mol. The van der Waals surface area contributed by atoms with E-state index in [0.717, 1.165) is 31.3 Å². The molecule has 0 radical (unpaired) electrons. The molecule has 1 aliphatic carbocycles. The van der Waals surface area contributed by atoms with Gasteiger partial charge in [0.05, 0.1) is 6.04 Å². The highest BCUT2D eigenvalue weighted by molar-refractivity contribution is 5.99. The number of Topliss-reactive ketones (excluding diaryl/α,β-unsaturated/α-hetero) is 1. The van der Waals surface area contributed by atoms with E-state index in [1.54, 1.807) is 6.21 Å². The third-order valence-corrected chi connectivity index (χ3v) is 3.50. The van der Waals surface area contributed by atoms with E-state index in [-0.39, 0.29) is 5.78 Å². The average molecular weight is 262 g/mol. The van der Waals surface area contributed by atoms with Crippen LogP contribution < -0.4 is 5.73 Å². The van der Waals surface area contributed by atoms with E-state index >= 15 is 0 Å². The van der Waals surface area contributed by atoms with Gasteiger partial charge in [0.2, 0.25) is 0 Å². The summed E-state index contributed by atoms with van der Waals surface area (Å²) in [5.74, 6) is 0.165. The molecule has 0 aromatic heterocycles. The summed E-state index contributed by atoms with van der Waals surface area (Å²) in [4.78, 5) is 16.3. The zero-order valence-electron chi connectivity index (χ0n) is 12.4. The fraction of sp³-hybridized carbons (Fsp3) is 0.625. The third-order valence-electron chi connectivity index (χ3n) is 3.50. The summed E-state index contributed by atoms with van der Waals surface area (Å²) in [5, 5.41) is 0. The van der Waals surface area contributed by atoms with Gasteiger partial charge >= 0.3 is 0 Å². The van der Waals surface area contributed by atoms with E-state index in [2.05, 4.69) is 4.99 Å². The van der Waals surface area contributed by atoms with Crippen LogP contribution in [-0.4, -0.2) is 24.1 Å². The summed E-state index contributed by atoms with van der Waals surface area (Å²) in [5.41, 5.74) is 7.80. The lowest BCUT2D eigenvalue weighted by atomic mass is 9.92. The van der Waals surface area contributed by atoms with Gasteiger partial charge in [0.1, 0.15) is 0 Å². The van der Waals surface area contributed by atoms with Gasteiger partial charge < -0.3 is 5.73 Å². The number of ketones is 1. The van der Waals surface area contributed by atoms with Crippen LogP contribution in [0.2, 0.25) is 0 Å². The van der Waals surface area contributed by atoms with Crippen molar-refractivity contribution < 1.29 is 4.79 Å². The van der Waals surface area contributed by atoms with E-state index in [9.17, 15) is 4.79 Å². The van der Waals surface area contributed by atoms with Gasteiger partial charge in [0, 0.05) is 18.7 Å². The Morgan fingerprint density at radius 3 is 2.42 bits per heavy atom. The molecule has 3 heteroatoms. The molecule has 0 aliphatic heterocycles. The zero-order valence-corrected chi connectivity index (χ0v) is 12.4.